The van der Waals surface area contributed by atoms with Gasteiger partial charge >= 0.3 is 12.4 Å². The Morgan fingerprint density at radius 2 is 1.32 bits per heavy atom. The standard InChI is InChI=1S/C25H16F6N2O3S/c1-14-10-17(8-9-20(14)24(26,27)28)21-13-22(25(29,30)31)33-23(32-21)18-6-2-4-15(11-18)16-5-3-7-19(12-16)37(34,35)36/h2-13H,1H3,(H,34,35,36). The quantitative estimate of drug-likeness (QED) is 0.222. The number of hydrogen-bond donors (Lipinski definition) is 1. The number of aromatic nitrogens is 2. The molecule has 0 bridgehead atoms. The highest BCUT2D eigenvalue weighted by Gasteiger charge is 2.35. The second kappa shape index (κ2) is 9.27. The number of aryl methyl sites for hydroxylation is 1. The lowest BCUT2D eigenvalue weighted by molar-refractivity contribution is -0.141. The molecular formula is C25H16F6N2O3S. The van der Waals surface area contributed by atoms with Gasteiger partial charge in [0.25, 0.3) is 10.1 Å². The van der Waals surface area contributed by atoms with E-state index in [1.807, 2.05) is 0 Å². The Hall–Kier alpha value is -3.77. The first-order chi connectivity index (χ1) is 17.1. The summed E-state index contributed by atoms with van der Waals surface area (Å²) in [5.41, 5.74) is -1.68. The minimum absolute atomic E-state index is 0.0386. The normalized spacial score (nSPS) is 12.5. The molecule has 0 saturated carbocycles. The van der Waals surface area contributed by atoms with Crippen LogP contribution in [-0.4, -0.2) is 22.9 Å². The van der Waals surface area contributed by atoms with Crippen molar-refractivity contribution in [2.24, 2.45) is 0 Å². The molecule has 0 spiro atoms. The van der Waals surface area contributed by atoms with Gasteiger partial charge in [-0.05, 0) is 60.0 Å². The van der Waals surface area contributed by atoms with Gasteiger partial charge in [-0.15, -0.1) is 0 Å². The fourth-order valence-corrected chi connectivity index (χ4v) is 4.21. The van der Waals surface area contributed by atoms with Crippen LogP contribution in [0.3, 0.4) is 0 Å². The molecule has 4 rings (SSSR count). The van der Waals surface area contributed by atoms with E-state index in [2.05, 4.69) is 9.97 Å². The van der Waals surface area contributed by atoms with Gasteiger partial charge in [0.15, 0.2) is 5.82 Å². The summed E-state index contributed by atoms with van der Waals surface area (Å²) in [5, 5.41) is 0. The molecule has 0 atom stereocenters. The van der Waals surface area contributed by atoms with Gasteiger partial charge in [-0.1, -0.05) is 36.4 Å². The highest BCUT2D eigenvalue weighted by Crippen LogP contribution is 2.36. The molecule has 0 aliphatic carbocycles. The predicted molar refractivity (Wildman–Crippen MR) is 123 cm³/mol. The fraction of sp³-hybridized carbons (Fsp3) is 0.120. The van der Waals surface area contributed by atoms with Gasteiger partial charge < -0.3 is 0 Å². The molecule has 1 heterocycles. The summed E-state index contributed by atoms with van der Waals surface area (Å²) in [6.07, 6.45) is -9.49. The van der Waals surface area contributed by atoms with Crippen LogP contribution in [0.15, 0.2) is 77.7 Å². The zero-order chi connectivity index (χ0) is 27.2. The van der Waals surface area contributed by atoms with Crippen LogP contribution >= 0.6 is 0 Å². The van der Waals surface area contributed by atoms with Gasteiger partial charge in [0.05, 0.1) is 16.2 Å². The summed E-state index contributed by atoms with van der Waals surface area (Å²) in [6.45, 7) is 1.20. The molecule has 12 heteroatoms. The van der Waals surface area contributed by atoms with Gasteiger partial charge in [0, 0.05) is 11.1 Å². The maximum Gasteiger partial charge on any atom is 0.433 e. The van der Waals surface area contributed by atoms with Crippen LogP contribution in [0.2, 0.25) is 0 Å². The molecule has 0 aliphatic heterocycles. The third kappa shape index (κ3) is 5.81. The van der Waals surface area contributed by atoms with E-state index in [0.29, 0.717) is 17.2 Å². The van der Waals surface area contributed by atoms with Crippen LogP contribution in [0, 0.1) is 6.92 Å². The predicted octanol–water partition coefficient (Wildman–Crippen LogP) is 7.07. The average molecular weight is 538 g/mol. The van der Waals surface area contributed by atoms with Crippen LogP contribution in [-0.2, 0) is 22.5 Å². The third-order valence-corrected chi connectivity index (χ3v) is 6.28. The topological polar surface area (TPSA) is 80.2 Å². The third-order valence-electron chi connectivity index (χ3n) is 5.43. The molecule has 5 nitrogen and oxygen atoms in total. The second-order valence-corrected chi connectivity index (χ2v) is 9.49. The van der Waals surface area contributed by atoms with Gasteiger partial charge in [-0.3, -0.25) is 4.55 Å². The smallest absolute Gasteiger partial charge is 0.282 e. The molecular weight excluding hydrogens is 522 g/mol. The van der Waals surface area contributed by atoms with Crippen molar-refractivity contribution in [3.05, 3.63) is 89.6 Å². The number of hydrogen-bond acceptors (Lipinski definition) is 4. The zero-order valence-electron chi connectivity index (χ0n) is 18.8. The van der Waals surface area contributed by atoms with Crippen molar-refractivity contribution in [1.29, 1.82) is 0 Å². The van der Waals surface area contributed by atoms with Gasteiger partial charge in [-0.25, -0.2) is 9.97 Å². The van der Waals surface area contributed by atoms with Gasteiger partial charge in [0.2, 0.25) is 0 Å². The highest BCUT2D eigenvalue weighted by molar-refractivity contribution is 7.85. The van der Waals surface area contributed by atoms with Crippen molar-refractivity contribution >= 4 is 10.1 Å². The molecule has 3 aromatic carbocycles. The van der Waals surface area contributed by atoms with Crippen LogP contribution < -0.4 is 0 Å². The zero-order valence-corrected chi connectivity index (χ0v) is 19.6. The summed E-state index contributed by atoms with van der Waals surface area (Å²) in [6, 6.07) is 14.8. The number of alkyl halides is 6. The molecule has 4 aromatic rings. The SMILES string of the molecule is Cc1cc(-c2cc(C(F)(F)F)nc(-c3cccc(-c4cccc(S(=O)(=O)O)c4)c3)n2)ccc1C(F)(F)F. The van der Waals surface area contributed by atoms with Crippen molar-refractivity contribution in [1.82, 2.24) is 9.97 Å². The Morgan fingerprint density at radius 1 is 0.703 bits per heavy atom. The van der Waals surface area contributed by atoms with Gasteiger partial charge in [0.1, 0.15) is 5.69 Å². The fourth-order valence-electron chi connectivity index (χ4n) is 3.68. The van der Waals surface area contributed by atoms with Crippen molar-refractivity contribution in [3.63, 3.8) is 0 Å². The lowest BCUT2D eigenvalue weighted by Gasteiger charge is -2.14. The van der Waals surface area contributed by atoms with E-state index < -0.39 is 33.7 Å². The van der Waals surface area contributed by atoms with Gasteiger partial charge in [-0.2, -0.15) is 34.8 Å². The molecule has 1 aromatic heterocycles. The Morgan fingerprint density at radius 3 is 1.92 bits per heavy atom. The maximum absolute atomic E-state index is 13.7. The largest absolute Gasteiger partial charge is 0.433 e. The summed E-state index contributed by atoms with van der Waals surface area (Å²) in [5.74, 6) is -0.338. The Balaban J connectivity index is 1.85. The van der Waals surface area contributed by atoms with E-state index in [0.717, 1.165) is 18.2 Å². The van der Waals surface area contributed by atoms with E-state index in [4.69, 9.17) is 0 Å². The van der Waals surface area contributed by atoms with Crippen molar-refractivity contribution in [2.45, 2.75) is 24.2 Å². The van der Waals surface area contributed by atoms with E-state index >= 15 is 0 Å². The monoisotopic (exact) mass is 538 g/mol. The lowest BCUT2D eigenvalue weighted by Crippen LogP contribution is -2.11. The second-order valence-electron chi connectivity index (χ2n) is 8.07. The highest BCUT2D eigenvalue weighted by atomic mass is 32.2. The van der Waals surface area contributed by atoms with Crippen LogP contribution in [0.4, 0.5) is 26.3 Å². The molecule has 0 amide bonds. The minimum atomic E-state index is -4.87. The summed E-state index contributed by atoms with van der Waals surface area (Å²) in [4.78, 5) is 7.43. The molecule has 0 unspecified atom stereocenters. The number of benzene rings is 3. The first-order valence-corrected chi connectivity index (χ1v) is 11.9. The number of rotatable bonds is 4. The summed E-state index contributed by atoms with van der Waals surface area (Å²) < 4.78 is 113. The lowest BCUT2D eigenvalue weighted by atomic mass is 10.0. The van der Waals surface area contributed by atoms with E-state index in [-0.39, 0.29) is 33.1 Å². The molecule has 0 radical (unpaired) electrons. The van der Waals surface area contributed by atoms with Crippen molar-refractivity contribution in [2.75, 3.05) is 0 Å². The van der Waals surface area contributed by atoms with Crippen LogP contribution in [0.25, 0.3) is 33.8 Å². The maximum atomic E-state index is 13.7. The van der Waals surface area contributed by atoms with Crippen molar-refractivity contribution < 1.29 is 39.3 Å². The molecule has 0 aliphatic rings. The summed E-state index contributed by atoms with van der Waals surface area (Å²) in [7, 11) is -4.49. The van der Waals surface area contributed by atoms with Crippen LogP contribution in [0.5, 0.6) is 0 Å². The minimum Gasteiger partial charge on any atom is -0.282 e. The molecule has 1 N–H and O–H groups in total. The number of nitrogens with zero attached hydrogens (tertiary/aromatic N) is 2. The van der Waals surface area contributed by atoms with Crippen molar-refractivity contribution in [3.8, 4) is 33.8 Å². The summed E-state index contributed by atoms with van der Waals surface area (Å²) >= 11 is 0. The molecule has 0 saturated heterocycles. The average Bonchev–Trinajstić information content (AvgIpc) is 2.82. The first-order valence-electron chi connectivity index (χ1n) is 10.5. The van der Waals surface area contributed by atoms with E-state index in [1.165, 1.54) is 49.4 Å². The molecule has 0 fully saturated rings. The molecule has 192 valence electrons. The Labute approximate surface area is 207 Å². The Kier molecular flexibility index (Phi) is 6.59. The first kappa shape index (κ1) is 26.3. The van der Waals surface area contributed by atoms with E-state index in [9.17, 15) is 39.3 Å². The number of halogens is 6. The van der Waals surface area contributed by atoms with Crippen LogP contribution in [0.1, 0.15) is 16.8 Å². The Bertz CT molecular complexity index is 1600. The molecule has 37 heavy (non-hydrogen) atoms. The van der Waals surface area contributed by atoms with E-state index in [1.54, 1.807) is 6.07 Å².